The highest BCUT2D eigenvalue weighted by molar-refractivity contribution is 6.22. The fourth-order valence-corrected chi connectivity index (χ4v) is 8.59. The van der Waals surface area contributed by atoms with Gasteiger partial charge in [-0.2, -0.15) is 0 Å². The third-order valence-electron chi connectivity index (χ3n) is 10.6. The molecule has 11 rings (SSSR count). The van der Waals surface area contributed by atoms with Crippen molar-refractivity contribution in [3.05, 3.63) is 133 Å². The average Bonchev–Trinajstić information content (AvgIpc) is 3.85. The van der Waals surface area contributed by atoms with Gasteiger partial charge in [0.1, 0.15) is 0 Å². The van der Waals surface area contributed by atoms with Crippen LogP contribution in [0.2, 0.25) is 0 Å². The fourth-order valence-electron chi connectivity index (χ4n) is 8.59. The Morgan fingerprint density at radius 1 is 0.435 bits per heavy atom. The predicted molar refractivity (Wildman–Crippen MR) is 193 cm³/mol. The van der Waals surface area contributed by atoms with Crippen molar-refractivity contribution in [2.75, 3.05) is 0 Å². The summed E-state index contributed by atoms with van der Waals surface area (Å²) in [6, 6.07) is 44.9. The molecule has 0 spiro atoms. The van der Waals surface area contributed by atoms with Crippen molar-refractivity contribution in [3.63, 3.8) is 0 Å². The number of hydrogen-bond acceptors (Lipinski definition) is 0. The van der Waals surface area contributed by atoms with Crippen LogP contribution in [0.1, 0.15) is 24.1 Å². The van der Waals surface area contributed by atoms with Crippen molar-refractivity contribution in [1.82, 2.24) is 19.1 Å². The monoisotopic (exact) mass is 590 g/mol. The molecule has 0 radical (unpaired) electrons. The Labute approximate surface area is 264 Å². The lowest BCUT2D eigenvalue weighted by atomic mass is 9.95. The number of aromatic amines is 2. The molecule has 0 bridgehead atoms. The van der Waals surface area contributed by atoms with E-state index in [0.717, 1.165) is 12.8 Å². The van der Waals surface area contributed by atoms with Crippen molar-refractivity contribution >= 4 is 76.3 Å². The summed E-state index contributed by atoms with van der Waals surface area (Å²) in [5.74, 6) is 0. The van der Waals surface area contributed by atoms with Gasteiger partial charge in [-0.25, -0.2) is 0 Å². The minimum absolute atomic E-state index is 1.10. The highest BCUT2D eigenvalue weighted by atomic mass is 15.0. The van der Waals surface area contributed by atoms with Crippen LogP contribution < -0.4 is 0 Å². The summed E-state index contributed by atoms with van der Waals surface area (Å²) in [4.78, 5) is 7.24. The van der Waals surface area contributed by atoms with Gasteiger partial charge < -0.3 is 19.1 Å². The Bertz CT molecular complexity index is 2870. The molecule has 0 saturated heterocycles. The molecule has 0 saturated carbocycles. The van der Waals surface area contributed by atoms with Crippen molar-refractivity contribution in [2.45, 2.75) is 25.7 Å². The van der Waals surface area contributed by atoms with E-state index in [1.807, 2.05) is 0 Å². The lowest BCUT2D eigenvalue weighted by Gasteiger charge is -2.16. The van der Waals surface area contributed by atoms with E-state index in [9.17, 15) is 0 Å². The minimum atomic E-state index is 1.10. The Kier molecular flexibility index (Phi) is 4.76. The smallest absolute Gasteiger partial charge is 0.0634 e. The van der Waals surface area contributed by atoms with Crippen molar-refractivity contribution in [3.8, 4) is 11.4 Å². The van der Waals surface area contributed by atoms with E-state index >= 15 is 0 Å². The number of nitrogens with zero attached hydrogens (tertiary/aromatic N) is 2. The molecule has 1 aliphatic carbocycles. The summed E-state index contributed by atoms with van der Waals surface area (Å²) in [6.07, 6.45) is 4.72. The van der Waals surface area contributed by atoms with Gasteiger partial charge in [-0.1, -0.05) is 60.7 Å². The van der Waals surface area contributed by atoms with Gasteiger partial charge in [0.15, 0.2) is 0 Å². The molecular weight excluding hydrogens is 560 g/mol. The highest BCUT2D eigenvalue weighted by Gasteiger charge is 2.25. The van der Waals surface area contributed by atoms with Crippen LogP contribution in [0.4, 0.5) is 0 Å². The van der Waals surface area contributed by atoms with E-state index in [-0.39, 0.29) is 0 Å². The first-order chi connectivity index (χ1) is 22.8. The fraction of sp³-hybridized carbons (Fsp3) is 0.0952. The van der Waals surface area contributed by atoms with Gasteiger partial charge in [-0.3, -0.25) is 0 Å². The van der Waals surface area contributed by atoms with Gasteiger partial charge in [0.25, 0.3) is 0 Å². The molecule has 4 aromatic heterocycles. The lowest BCUT2D eigenvalue weighted by Crippen LogP contribution is -2.06. The van der Waals surface area contributed by atoms with Crippen molar-refractivity contribution in [2.24, 2.45) is 0 Å². The zero-order valence-corrected chi connectivity index (χ0v) is 25.3. The SMILES string of the molecule is c1ccc2c(c1)[nH]c1ccc(-n3c4c(c5ccc6c(c7ccccc7n6-c6ccc7[nH]c8ccccc8c7c6)c53)CCCC4)cc12. The summed E-state index contributed by atoms with van der Waals surface area (Å²) in [5, 5.41) is 9.10. The number of rotatable bonds is 2. The summed E-state index contributed by atoms with van der Waals surface area (Å²) in [5.41, 5.74) is 14.0. The Morgan fingerprint density at radius 3 is 1.74 bits per heavy atom. The number of H-pyrrole nitrogens is 2. The molecule has 46 heavy (non-hydrogen) atoms. The van der Waals surface area contributed by atoms with Crippen LogP contribution in [-0.4, -0.2) is 19.1 Å². The van der Waals surface area contributed by atoms with Crippen LogP contribution in [-0.2, 0) is 12.8 Å². The topological polar surface area (TPSA) is 41.4 Å². The summed E-state index contributed by atoms with van der Waals surface area (Å²) in [7, 11) is 0. The van der Waals surface area contributed by atoms with Gasteiger partial charge in [-0.05, 0) is 91.9 Å². The maximum Gasteiger partial charge on any atom is 0.0634 e. The number of benzene rings is 6. The minimum Gasteiger partial charge on any atom is -0.355 e. The number of nitrogens with one attached hydrogen (secondary N) is 2. The van der Waals surface area contributed by atoms with E-state index in [4.69, 9.17) is 0 Å². The molecule has 218 valence electrons. The standard InChI is InChI=1S/C42H30N4/c1-5-13-34-27(9-1)32-23-25(17-20-36(32)43-34)45-39-16-8-4-12-31(39)41-40(45)22-19-30-29-11-3-7-15-38(29)46(42(30)41)26-18-21-37-33(24-26)28-10-2-6-14-35(28)44-37/h1-2,4-6,8-10,12-14,16-24,43-44H,3,7,11,15H2. The molecule has 4 heterocycles. The van der Waals surface area contributed by atoms with E-state index in [1.165, 1.54) is 112 Å². The molecular formula is C42H30N4. The zero-order valence-electron chi connectivity index (χ0n) is 25.3. The number of para-hydroxylation sites is 3. The predicted octanol–water partition coefficient (Wildman–Crippen LogP) is 10.9. The van der Waals surface area contributed by atoms with Crippen molar-refractivity contribution in [1.29, 1.82) is 0 Å². The van der Waals surface area contributed by atoms with Crippen LogP contribution in [0.15, 0.2) is 121 Å². The molecule has 2 N–H and O–H groups in total. The number of aryl methyl sites for hydroxylation is 1. The first-order valence-electron chi connectivity index (χ1n) is 16.4. The van der Waals surface area contributed by atoms with Crippen LogP contribution in [0, 0.1) is 0 Å². The zero-order chi connectivity index (χ0) is 29.9. The molecule has 0 fully saturated rings. The Balaban J connectivity index is 1.26. The molecule has 4 heteroatoms. The Morgan fingerprint density at radius 2 is 1.02 bits per heavy atom. The third-order valence-corrected chi connectivity index (χ3v) is 10.6. The van der Waals surface area contributed by atoms with E-state index in [1.54, 1.807) is 0 Å². The van der Waals surface area contributed by atoms with E-state index in [0.29, 0.717) is 0 Å². The summed E-state index contributed by atoms with van der Waals surface area (Å²) in [6.45, 7) is 0. The van der Waals surface area contributed by atoms with Gasteiger partial charge in [0, 0.05) is 76.8 Å². The van der Waals surface area contributed by atoms with E-state index < -0.39 is 0 Å². The van der Waals surface area contributed by atoms with Crippen LogP contribution in [0.3, 0.4) is 0 Å². The molecule has 4 nitrogen and oxygen atoms in total. The second-order valence-electron chi connectivity index (χ2n) is 13.0. The first kappa shape index (κ1) is 24.6. The van der Waals surface area contributed by atoms with Crippen molar-refractivity contribution < 1.29 is 0 Å². The van der Waals surface area contributed by atoms with Gasteiger partial charge in [0.2, 0.25) is 0 Å². The lowest BCUT2D eigenvalue weighted by molar-refractivity contribution is 0.667. The average molecular weight is 591 g/mol. The second kappa shape index (κ2) is 8.92. The summed E-state index contributed by atoms with van der Waals surface area (Å²) >= 11 is 0. The third kappa shape index (κ3) is 3.18. The maximum atomic E-state index is 3.63. The highest BCUT2D eigenvalue weighted by Crippen LogP contribution is 2.43. The molecule has 1 aliphatic rings. The van der Waals surface area contributed by atoms with Gasteiger partial charge in [0.05, 0.1) is 16.6 Å². The van der Waals surface area contributed by atoms with Crippen LogP contribution in [0.25, 0.3) is 87.7 Å². The largest absolute Gasteiger partial charge is 0.355 e. The van der Waals surface area contributed by atoms with Crippen LogP contribution >= 0.6 is 0 Å². The number of fused-ring (bicyclic) bond motifs is 13. The molecule has 0 atom stereocenters. The second-order valence-corrected chi connectivity index (χ2v) is 13.0. The van der Waals surface area contributed by atoms with Gasteiger partial charge in [-0.15, -0.1) is 0 Å². The molecule has 6 aromatic carbocycles. The number of hydrogen-bond donors (Lipinski definition) is 2. The summed E-state index contributed by atoms with van der Waals surface area (Å²) < 4.78 is 5.09. The molecule has 10 aromatic rings. The maximum absolute atomic E-state index is 3.63. The quantitative estimate of drug-likeness (QED) is 0.201. The first-order valence-corrected chi connectivity index (χ1v) is 16.4. The molecule has 0 amide bonds. The Hall–Kier alpha value is -5.74. The van der Waals surface area contributed by atoms with Crippen LogP contribution in [0.5, 0.6) is 0 Å². The number of aromatic nitrogens is 4. The van der Waals surface area contributed by atoms with E-state index in [2.05, 4.69) is 140 Å². The normalized spacial score (nSPS) is 13.7. The molecule has 0 unspecified atom stereocenters. The molecule has 0 aliphatic heterocycles. The van der Waals surface area contributed by atoms with Gasteiger partial charge >= 0.3 is 0 Å².